The van der Waals surface area contributed by atoms with E-state index in [2.05, 4.69) is 0 Å². The third-order valence-corrected chi connectivity index (χ3v) is 5.42. The van der Waals surface area contributed by atoms with Crippen molar-refractivity contribution in [1.82, 2.24) is 4.31 Å². The van der Waals surface area contributed by atoms with Gasteiger partial charge in [-0.3, -0.25) is 0 Å². The molecule has 1 aromatic rings. The van der Waals surface area contributed by atoms with Gasteiger partial charge in [0.15, 0.2) is 0 Å². The predicted molar refractivity (Wildman–Crippen MR) is 71.8 cm³/mol. The molecule has 19 heavy (non-hydrogen) atoms. The fraction of sp³-hybridized carbons (Fsp3) is 0.538. The van der Waals surface area contributed by atoms with Crippen LogP contribution in [-0.4, -0.2) is 31.9 Å². The van der Waals surface area contributed by atoms with Crippen molar-refractivity contribution in [2.45, 2.75) is 37.6 Å². The minimum atomic E-state index is -3.54. The van der Waals surface area contributed by atoms with Crippen LogP contribution in [0.4, 0.5) is 4.39 Å². The fourth-order valence-corrected chi connectivity index (χ4v) is 3.96. The molecule has 106 valence electrons. The van der Waals surface area contributed by atoms with Gasteiger partial charge in [-0.05, 0) is 49.9 Å². The first kappa shape index (κ1) is 14.4. The first-order valence-electron chi connectivity index (χ1n) is 6.35. The number of hydrogen-bond donors (Lipinski definition) is 1. The molecule has 0 aliphatic carbocycles. The summed E-state index contributed by atoms with van der Waals surface area (Å²) in [5.74, 6) is -0.348. The van der Waals surface area contributed by atoms with E-state index in [-0.39, 0.29) is 16.8 Å². The van der Waals surface area contributed by atoms with E-state index in [1.54, 1.807) is 13.8 Å². The molecule has 0 amide bonds. The van der Waals surface area contributed by atoms with Crippen LogP contribution in [0.15, 0.2) is 17.0 Å². The molecule has 1 fully saturated rings. The number of sulfonamides is 1. The number of aryl methyl sites for hydroxylation is 2. The zero-order valence-electron chi connectivity index (χ0n) is 11.2. The highest BCUT2D eigenvalue weighted by Gasteiger charge is 2.28. The summed E-state index contributed by atoms with van der Waals surface area (Å²) in [5.41, 5.74) is 6.48. The first-order valence-corrected chi connectivity index (χ1v) is 7.79. The molecule has 0 aromatic heterocycles. The molecule has 0 spiro atoms. The Kier molecular flexibility index (Phi) is 3.94. The molecule has 6 heteroatoms. The van der Waals surface area contributed by atoms with Crippen LogP contribution in [-0.2, 0) is 10.0 Å². The number of nitrogens with two attached hydrogens (primary N) is 1. The number of benzene rings is 1. The minimum absolute atomic E-state index is 0.0724. The molecule has 1 aliphatic heterocycles. The Balaban J connectivity index is 2.35. The van der Waals surface area contributed by atoms with Crippen LogP contribution in [0.2, 0.25) is 0 Å². The van der Waals surface area contributed by atoms with Gasteiger partial charge in [-0.15, -0.1) is 0 Å². The maximum Gasteiger partial charge on any atom is 0.243 e. The molecule has 1 heterocycles. The van der Waals surface area contributed by atoms with Crippen molar-refractivity contribution in [3.63, 3.8) is 0 Å². The molecular weight excluding hydrogens is 267 g/mol. The molecule has 0 unspecified atom stereocenters. The second-order valence-corrected chi connectivity index (χ2v) is 7.05. The summed E-state index contributed by atoms with van der Waals surface area (Å²) < 4.78 is 39.9. The zero-order chi connectivity index (χ0) is 14.2. The van der Waals surface area contributed by atoms with Gasteiger partial charge >= 0.3 is 0 Å². The molecule has 2 rings (SSSR count). The second-order valence-electron chi connectivity index (χ2n) is 5.11. The van der Waals surface area contributed by atoms with Crippen LogP contribution < -0.4 is 5.73 Å². The summed E-state index contributed by atoms with van der Waals surface area (Å²) in [7, 11) is -3.54. The third-order valence-electron chi connectivity index (χ3n) is 3.55. The highest BCUT2D eigenvalue weighted by molar-refractivity contribution is 7.89. The van der Waals surface area contributed by atoms with E-state index in [0.29, 0.717) is 37.1 Å². The van der Waals surface area contributed by atoms with E-state index < -0.39 is 10.0 Å². The van der Waals surface area contributed by atoms with Crippen LogP contribution in [0.1, 0.15) is 24.0 Å². The van der Waals surface area contributed by atoms with E-state index in [1.165, 1.54) is 16.4 Å². The zero-order valence-corrected chi connectivity index (χ0v) is 12.0. The van der Waals surface area contributed by atoms with Crippen LogP contribution in [0.5, 0.6) is 0 Å². The molecule has 0 saturated carbocycles. The van der Waals surface area contributed by atoms with Crippen molar-refractivity contribution in [1.29, 1.82) is 0 Å². The van der Waals surface area contributed by atoms with Gasteiger partial charge in [0.05, 0.1) is 4.90 Å². The molecule has 0 atom stereocenters. The van der Waals surface area contributed by atoms with Crippen molar-refractivity contribution >= 4 is 10.0 Å². The van der Waals surface area contributed by atoms with Gasteiger partial charge in [0.25, 0.3) is 0 Å². The topological polar surface area (TPSA) is 63.4 Å². The average molecular weight is 286 g/mol. The Bertz CT molecular complexity index is 555. The Hall–Kier alpha value is -0.980. The molecule has 2 N–H and O–H groups in total. The van der Waals surface area contributed by atoms with E-state index >= 15 is 0 Å². The standard InChI is InChI=1S/C13H19FN2O2S/c1-9-7-12(8-10(2)13(9)14)19(17,18)16-5-3-11(15)4-6-16/h7-8,11H,3-6,15H2,1-2H3. The van der Waals surface area contributed by atoms with Gasteiger partial charge in [0.2, 0.25) is 10.0 Å². The quantitative estimate of drug-likeness (QED) is 0.897. The molecule has 1 aliphatic rings. The largest absolute Gasteiger partial charge is 0.328 e. The van der Waals surface area contributed by atoms with E-state index in [9.17, 15) is 12.8 Å². The van der Waals surface area contributed by atoms with Gasteiger partial charge in [0, 0.05) is 19.1 Å². The van der Waals surface area contributed by atoms with Gasteiger partial charge < -0.3 is 5.73 Å². The van der Waals surface area contributed by atoms with Crippen molar-refractivity contribution in [3.05, 3.63) is 29.1 Å². The van der Waals surface area contributed by atoms with Gasteiger partial charge in [-0.1, -0.05) is 0 Å². The first-order chi connectivity index (χ1) is 8.82. The summed E-state index contributed by atoms with van der Waals surface area (Å²) in [4.78, 5) is 0.166. The molecular formula is C13H19FN2O2S. The summed E-state index contributed by atoms with van der Waals surface area (Å²) in [6, 6.07) is 2.86. The minimum Gasteiger partial charge on any atom is -0.328 e. The van der Waals surface area contributed by atoms with Crippen molar-refractivity contribution < 1.29 is 12.8 Å². The van der Waals surface area contributed by atoms with Crippen LogP contribution in [0, 0.1) is 19.7 Å². The Morgan fingerprint density at radius 1 is 1.21 bits per heavy atom. The molecule has 0 radical (unpaired) electrons. The smallest absolute Gasteiger partial charge is 0.243 e. The Morgan fingerprint density at radius 3 is 2.16 bits per heavy atom. The van der Waals surface area contributed by atoms with E-state index in [0.717, 1.165) is 0 Å². The number of halogens is 1. The number of hydrogen-bond acceptors (Lipinski definition) is 3. The number of piperidine rings is 1. The van der Waals surface area contributed by atoms with Crippen molar-refractivity contribution in [2.24, 2.45) is 5.73 Å². The van der Waals surface area contributed by atoms with E-state index in [4.69, 9.17) is 5.73 Å². The second kappa shape index (κ2) is 5.19. The predicted octanol–water partition coefficient (Wildman–Crippen LogP) is 1.55. The van der Waals surface area contributed by atoms with Gasteiger partial charge in [-0.25, -0.2) is 12.8 Å². The summed E-state index contributed by atoms with van der Waals surface area (Å²) in [5, 5.41) is 0. The maximum absolute atomic E-state index is 13.6. The van der Waals surface area contributed by atoms with Gasteiger partial charge in [0.1, 0.15) is 5.82 Å². The molecule has 4 nitrogen and oxygen atoms in total. The van der Waals surface area contributed by atoms with E-state index in [1.807, 2.05) is 0 Å². The fourth-order valence-electron chi connectivity index (χ4n) is 2.32. The lowest BCUT2D eigenvalue weighted by molar-refractivity contribution is 0.320. The van der Waals surface area contributed by atoms with Crippen molar-refractivity contribution in [3.8, 4) is 0 Å². The lowest BCUT2D eigenvalue weighted by Gasteiger charge is -2.29. The summed E-state index contributed by atoms with van der Waals surface area (Å²) in [6.45, 7) is 4.01. The Morgan fingerprint density at radius 2 is 1.68 bits per heavy atom. The van der Waals surface area contributed by atoms with Gasteiger partial charge in [-0.2, -0.15) is 4.31 Å². The summed E-state index contributed by atoms with van der Waals surface area (Å²) in [6.07, 6.45) is 1.33. The van der Waals surface area contributed by atoms with Crippen LogP contribution >= 0.6 is 0 Å². The lowest BCUT2D eigenvalue weighted by atomic mass is 10.1. The highest BCUT2D eigenvalue weighted by atomic mass is 32.2. The highest BCUT2D eigenvalue weighted by Crippen LogP contribution is 2.24. The summed E-state index contributed by atoms with van der Waals surface area (Å²) >= 11 is 0. The Labute approximate surface area is 113 Å². The van der Waals surface area contributed by atoms with Crippen molar-refractivity contribution in [2.75, 3.05) is 13.1 Å². The molecule has 1 saturated heterocycles. The third kappa shape index (κ3) is 2.80. The SMILES string of the molecule is Cc1cc(S(=O)(=O)N2CCC(N)CC2)cc(C)c1F. The number of nitrogens with zero attached hydrogens (tertiary/aromatic N) is 1. The normalized spacial score (nSPS) is 18.7. The molecule has 1 aromatic carbocycles. The van der Waals surface area contributed by atoms with Crippen LogP contribution in [0.3, 0.4) is 0 Å². The maximum atomic E-state index is 13.6. The lowest BCUT2D eigenvalue weighted by Crippen LogP contribution is -2.42. The molecule has 0 bridgehead atoms. The van der Waals surface area contributed by atoms with Crippen LogP contribution in [0.25, 0.3) is 0 Å². The monoisotopic (exact) mass is 286 g/mol. The number of rotatable bonds is 2. The average Bonchev–Trinajstić information content (AvgIpc) is 2.35.